The smallest absolute Gasteiger partial charge is 0.329 e. The topological polar surface area (TPSA) is 95.9 Å². The zero-order chi connectivity index (χ0) is 19.2. The highest BCUT2D eigenvalue weighted by atomic mass is 19.1. The zero-order valence-corrected chi connectivity index (χ0v) is 15.4. The van der Waals surface area contributed by atoms with Gasteiger partial charge in [0.1, 0.15) is 11.6 Å². The second-order valence-corrected chi connectivity index (χ2v) is 7.35. The molecule has 1 aliphatic heterocycles. The number of hydroxylamine groups is 1. The Morgan fingerprint density at radius 1 is 1.36 bits per heavy atom. The first-order valence-electron chi connectivity index (χ1n) is 8.73. The molecule has 0 bridgehead atoms. The van der Waals surface area contributed by atoms with Crippen molar-refractivity contribution < 1.29 is 28.7 Å². The van der Waals surface area contributed by atoms with E-state index in [0.29, 0.717) is 25.8 Å². The average molecular weight is 360 g/mol. The summed E-state index contributed by atoms with van der Waals surface area (Å²) in [4.78, 5) is 37.9. The fraction of sp³-hybridized carbons (Fsp3) is 0.824. The number of hydrogen-bond acceptors (Lipinski definition) is 5. The van der Waals surface area contributed by atoms with Crippen LogP contribution in [0.4, 0.5) is 4.39 Å². The summed E-state index contributed by atoms with van der Waals surface area (Å²) >= 11 is 0. The number of carbonyl (C=O) groups excluding carboxylic acids is 3. The van der Waals surface area contributed by atoms with E-state index in [4.69, 9.17) is 9.94 Å². The molecule has 1 unspecified atom stereocenters. The van der Waals surface area contributed by atoms with E-state index in [1.54, 1.807) is 20.8 Å². The highest BCUT2D eigenvalue weighted by molar-refractivity contribution is 5.91. The molecule has 1 rings (SSSR count). The third-order valence-electron chi connectivity index (χ3n) is 4.11. The number of likely N-dealkylation sites (tertiary alicyclic amines) is 1. The van der Waals surface area contributed by atoms with Crippen LogP contribution >= 0.6 is 0 Å². The number of nitrogens with zero attached hydrogens (tertiary/aromatic N) is 1. The molecule has 3 atom stereocenters. The number of esters is 1. The molecule has 25 heavy (non-hydrogen) atoms. The quantitative estimate of drug-likeness (QED) is 0.411. The molecule has 1 heterocycles. The first kappa shape index (κ1) is 21.3. The van der Waals surface area contributed by atoms with Crippen molar-refractivity contribution in [3.05, 3.63) is 0 Å². The van der Waals surface area contributed by atoms with Gasteiger partial charge in [-0.1, -0.05) is 19.8 Å². The minimum absolute atomic E-state index is 0.168. The first-order chi connectivity index (χ1) is 11.6. The Bertz CT molecular complexity index is 492. The molecule has 1 fully saturated rings. The maximum Gasteiger partial charge on any atom is 0.329 e. The molecular formula is C17H29FN2O5. The van der Waals surface area contributed by atoms with Gasteiger partial charge in [-0.15, -0.1) is 0 Å². The van der Waals surface area contributed by atoms with Crippen LogP contribution in [0.2, 0.25) is 0 Å². The number of nitrogens with one attached hydrogen (secondary N) is 1. The van der Waals surface area contributed by atoms with E-state index in [2.05, 4.69) is 0 Å². The van der Waals surface area contributed by atoms with E-state index < -0.39 is 41.5 Å². The molecule has 2 N–H and O–H groups in total. The molecule has 1 saturated heterocycles. The number of alkyl halides is 1. The SMILES string of the molecule is CCCC[C@@H](C(=O)N1CCCC1C(=O)OC(C)(C)C)[C@@H](F)C(=O)NO. The van der Waals surface area contributed by atoms with E-state index in [9.17, 15) is 18.8 Å². The van der Waals surface area contributed by atoms with Crippen molar-refractivity contribution in [2.75, 3.05) is 6.54 Å². The maximum atomic E-state index is 14.4. The van der Waals surface area contributed by atoms with Crippen LogP contribution in [-0.4, -0.2) is 52.3 Å². The standard InChI is InChI=1S/C17H29FN2O5/c1-5-6-8-11(13(18)14(21)19-24)15(22)20-10-7-9-12(20)16(23)25-17(2,3)4/h11-13,24H,5-10H2,1-4H3,(H,19,21)/t11-,12?,13-/m1/s1. The van der Waals surface area contributed by atoms with Crippen molar-refractivity contribution in [3.8, 4) is 0 Å². The molecule has 0 saturated carbocycles. The summed E-state index contributed by atoms with van der Waals surface area (Å²) < 4.78 is 19.7. The van der Waals surface area contributed by atoms with Gasteiger partial charge < -0.3 is 9.64 Å². The van der Waals surface area contributed by atoms with Gasteiger partial charge in [-0.25, -0.2) is 14.7 Å². The monoisotopic (exact) mass is 360 g/mol. The maximum absolute atomic E-state index is 14.4. The number of halogens is 1. The average Bonchev–Trinajstić information content (AvgIpc) is 3.02. The Morgan fingerprint density at radius 3 is 2.52 bits per heavy atom. The van der Waals surface area contributed by atoms with Gasteiger partial charge >= 0.3 is 5.97 Å². The second kappa shape index (κ2) is 9.12. The Morgan fingerprint density at radius 2 is 2.00 bits per heavy atom. The number of carbonyl (C=O) groups is 3. The molecule has 7 nitrogen and oxygen atoms in total. The predicted molar refractivity (Wildman–Crippen MR) is 88.4 cm³/mol. The van der Waals surface area contributed by atoms with Crippen LogP contribution in [-0.2, 0) is 19.1 Å². The lowest BCUT2D eigenvalue weighted by molar-refractivity contribution is -0.164. The van der Waals surface area contributed by atoms with Crippen LogP contribution in [0.1, 0.15) is 59.8 Å². The van der Waals surface area contributed by atoms with Crippen molar-refractivity contribution in [1.82, 2.24) is 10.4 Å². The summed E-state index contributed by atoms with van der Waals surface area (Å²) in [6, 6.07) is -0.764. The summed E-state index contributed by atoms with van der Waals surface area (Å²) in [6.07, 6.45) is 0.349. The number of unbranched alkanes of at least 4 members (excludes halogenated alkanes) is 1. The van der Waals surface area contributed by atoms with Crippen LogP contribution < -0.4 is 5.48 Å². The van der Waals surface area contributed by atoms with E-state index in [1.807, 2.05) is 6.92 Å². The largest absolute Gasteiger partial charge is 0.458 e. The predicted octanol–water partition coefficient (Wildman–Crippen LogP) is 1.97. The third kappa shape index (κ3) is 5.95. The van der Waals surface area contributed by atoms with Crippen molar-refractivity contribution in [1.29, 1.82) is 0 Å². The molecule has 0 radical (unpaired) electrons. The van der Waals surface area contributed by atoms with Gasteiger partial charge in [-0.3, -0.25) is 14.8 Å². The Balaban J connectivity index is 2.93. The van der Waals surface area contributed by atoms with Crippen LogP contribution in [0.15, 0.2) is 0 Å². The van der Waals surface area contributed by atoms with Crippen LogP contribution in [0.5, 0.6) is 0 Å². The number of amides is 2. The van der Waals surface area contributed by atoms with Gasteiger partial charge in [0, 0.05) is 6.54 Å². The van der Waals surface area contributed by atoms with Gasteiger partial charge in [0.25, 0.3) is 5.91 Å². The van der Waals surface area contributed by atoms with Crippen LogP contribution in [0.25, 0.3) is 0 Å². The van der Waals surface area contributed by atoms with Crippen molar-refractivity contribution in [2.45, 2.75) is 77.6 Å². The molecule has 0 spiro atoms. The van der Waals surface area contributed by atoms with Crippen molar-refractivity contribution in [3.63, 3.8) is 0 Å². The van der Waals surface area contributed by atoms with Crippen molar-refractivity contribution in [2.24, 2.45) is 5.92 Å². The lowest BCUT2D eigenvalue weighted by atomic mass is 9.94. The molecule has 144 valence electrons. The van der Waals surface area contributed by atoms with Gasteiger partial charge in [0.2, 0.25) is 5.91 Å². The lowest BCUT2D eigenvalue weighted by Gasteiger charge is -2.30. The number of hydrogen-bond donors (Lipinski definition) is 2. The van der Waals surface area contributed by atoms with Gasteiger partial charge in [0.05, 0.1) is 5.92 Å². The number of ether oxygens (including phenoxy) is 1. The summed E-state index contributed by atoms with van der Waals surface area (Å²) in [7, 11) is 0. The van der Waals surface area contributed by atoms with Crippen LogP contribution in [0, 0.1) is 5.92 Å². The highest BCUT2D eigenvalue weighted by Gasteiger charge is 2.42. The molecule has 2 amide bonds. The van der Waals surface area contributed by atoms with Gasteiger partial charge in [-0.05, 0) is 40.0 Å². The van der Waals surface area contributed by atoms with Gasteiger partial charge in [-0.2, -0.15) is 0 Å². The Kier molecular flexibility index (Phi) is 7.79. The first-order valence-corrected chi connectivity index (χ1v) is 8.73. The summed E-state index contributed by atoms with van der Waals surface area (Å²) in [6.45, 7) is 7.41. The molecule has 0 aliphatic carbocycles. The van der Waals surface area contributed by atoms with E-state index in [1.165, 1.54) is 10.4 Å². The fourth-order valence-electron chi connectivity index (χ4n) is 2.92. The molecule has 8 heteroatoms. The van der Waals surface area contributed by atoms with E-state index in [0.717, 1.165) is 6.42 Å². The fourth-order valence-corrected chi connectivity index (χ4v) is 2.92. The van der Waals surface area contributed by atoms with E-state index in [-0.39, 0.29) is 6.42 Å². The second-order valence-electron chi connectivity index (χ2n) is 7.35. The van der Waals surface area contributed by atoms with Gasteiger partial charge in [0.15, 0.2) is 6.17 Å². The lowest BCUT2D eigenvalue weighted by Crippen LogP contribution is -2.49. The summed E-state index contributed by atoms with van der Waals surface area (Å²) in [5, 5.41) is 8.66. The molecule has 0 aromatic rings. The Labute approximate surface area is 147 Å². The highest BCUT2D eigenvalue weighted by Crippen LogP contribution is 2.27. The van der Waals surface area contributed by atoms with E-state index >= 15 is 0 Å². The Hall–Kier alpha value is -1.70. The molecular weight excluding hydrogens is 331 g/mol. The molecule has 0 aromatic heterocycles. The normalized spacial score (nSPS) is 20.1. The number of rotatable bonds is 7. The zero-order valence-electron chi connectivity index (χ0n) is 15.4. The minimum Gasteiger partial charge on any atom is -0.458 e. The molecule has 0 aromatic carbocycles. The third-order valence-corrected chi connectivity index (χ3v) is 4.11. The summed E-state index contributed by atoms with van der Waals surface area (Å²) in [5.41, 5.74) is 0.571. The molecule has 1 aliphatic rings. The summed E-state index contributed by atoms with van der Waals surface area (Å²) in [5.74, 6) is -3.58. The van der Waals surface area contributed by atoms with Crippen molar-refractivity contribution >= 4 is 17.8 Å². The van der Waals surface area contributed by atoms with Crippen LogP contribution in [0.3, 0.4) is 0 Å². The minimum atomic E-state index is -2.16.